The van der Waals surface area contributed by atoms with Gasteiger partial charge in [0.2, 0.25) is 5.60 Å². The van der Waals surface area contributed by atoms with Gasteiger partial charge in [-0.25, -0.2) is 9.59 Å². The number of phenolic OH excluding ortho intramolecular Hbond substituents is 3. The highest BCUT2D eigenvalue weighted by Gasteiger charge is 2.53. The van der Waals surface area contributed by atoms with Gasteiger partial charge < -0.3 is 40.5 Å². The van der Waals surface area contributed by atoms with Crippen molar-refractivity contribution in [3.63, 3.8) is 0 Å². The lowest BCUT2D eigenvalue weighted by atomic mass is 9.79. The summed E-state index contributed by atoms with van der Waals surface area (Å²) in [4.78, 5) is 23.6. The number of carbonyl (C=O) groups excluding carboxylic acids is 1. The molecule has 0 spiro atoms. The molecule has 1 saturated carbocycles. The average Bonchev–Trinajstić information content (AvgIpc) is 2.49. The average molecular weight is 344 g/mol. The van der Waals surface area contributed by atoms with E-state index in [0.717, 1.165) is 12.1 Å². The molecule has 1 aromatic rings. The van der Waals surface area contributed by atoms with Gasteiger partial charge in [0.25, 0.3) is 0 Å². The number of aliphatic carboxylic acids is 1. The summed E-state index contributed by atoms with van der Waals surface area (Å²) >= 11 is 0. The standard InChI is InChI=1S/C14H16O10/c15-6-1-5(2-7(16)10(6)19)12(21)24-14(13(22)23)3-8(17)11(20)9(18)4-14/h1-2,8-9,11,15-20H,3-4H2,(H,22,23). The smallest absolute Gasteiger partial charge is 0.348 e. The number of esters is 1. The lowest BCUT2D eigenvalue weighted by Crippen LogP contribution is -2.58. The van der Waals surface area contributed by atoms with Gasteiger partial charge in [-0.3, -0.25) is 0 Å². The fourth-order valence-electron chi connectivity index (χ4n) is 2.52. The summed E-state index contributed by atoms with van der Waals surface area (Å²) in [6.45, 7) is 0. The number of aliphatic hydroxyl groups excluding tert-OH is 3. The van der Waals surface area contributed by atoms with Crippen LogP contribution in [-0.2, 0) is 9.53 Å². The molecule has 7 N–H and O–H groups in total. The van der Waals surface area contributed by atoms with E-state index in [2.05, 4.69) is 0 Å². The maximum Gasteiger partial charge on any atom is 0.348 e. The zero-order chi connectivity index (χ0) is 18.2. The molecule has 10 heteroatoms. The molecule has 0 bridgehead atoms. The zero-order valence-electron chi connectivity index (χ0n) is 12.2. The highest BCUT2D eigenvalue weighted by atomic mass is 16.6. The van der Waals surface area contributed by atoms with Crippen molar-refractivity contribution in [2.24, 2.45) is 0 Å². The topological polar surface area (TPSA) is 185 Å². The van der Waals surface area contributed by atoms with Crippen molar-refractivity contribution in [3.05, 3.63) is 17.7 Å². The fourth-order valence-corrected chi connectivity index (χ4v) is 2.52. The first-order chi connectivity index (χ1) is 11.1. The molecule has 0 amide bonds. The lowest BCUT2D eigenvalue weighted by Gasteiger charge is -2.40. The van der Waals surface area contributed by atoms with Crippen molar-refractivity contribution in [3.8, 4) is 17.2 Å². The normalized spacial score (nSPS) is 29.9. The number of benzene rings is 1. The van der Waals surface area contributed by atoms with Gasteiger partial charge in [0.15, 0.2) is 17.2 Å². The van der Waals surface area contributed by atoms with E-state index < -0.39 is 71.5 Å². The Kier molecular flexibility index (Phi) is 4.56. The second-order valence-corrected chi connectivity index (χ2v) is 5.59. The first-order valence-electron chi connectivity index (χ1n) is 6.83. The summed E-state index contributed by atoms with van der Waals surface area (Å²) in [5.74, 6) is -5.45. The number of rotatable bonds is 3. The molecule has 132 valence electrons. The summed E-state index contributed by atoms with van der Waals surface area (Å²) < 4.78 is 4.89. The van der Waals surface area contributed by atoms with Crippen molar-refractivity contribution in [1.29, 1.82) is 0 Å². The van der Waals surface area contributed by atoms with Crippen LogP contribution >= 0.6 is 0 Å². The number of ether oxygens (including phenoxy) is 1. The van der Waals surface area contributed by atoms with E-state index in [1.54, 1.807) is 0 Å². The second kappa shape index (κ2) is 6.15. The first-order valence-corrected chi connectivity index (χ1v) is 6.83. The second-order valence-electron chi connectivity index (χ2n) is 5.59. The molecule has 24 heavy (non-hydrogen) atoms. The number of phenols is 3. The molecule has 1 fully saturated rings. The van der Waals surface area contributed by atoms with Gasteiger partial charge in [-0.1, -0.05) is 0 Å². The summed E-state index contributed by atoms with van der Waals surface area (Å²) in [6.07, 6.45) is -6.19. The number of aliphatic hydroxyl groups is 3. The van der Waals surface area contributed by atoms with Crippen LogP contribution < -0.4 is 0 Å². The molecule has 2 atom stereocenters. The van der Waals surface area contributed by atoms with Crippen LogP contribution in [-0.4, -0.2) is 71.6 Å². The summed E-state index contributed by atoms with van der Waals surface area (Å²) in [6, 6.07) is 1.49. The monoisotopic (exact) mass is 344 g/mol. The number of aromatic hydroxyl groups is 3. The van der Waals surface area contributed by atoms with Crippen molar-refractivity contribution >= 4 is 11.9 Å². The van der Waals surface area contributed by atoms with E-state index in [-0.39, 0.29) is 0 Å². The Bertz CT molecular complexity index is 635. The van der Waals surface area contributed by atoms with Crippen LogP contribution in [0.4, 0.5) is 0 Å². The van der Waals surface area contributed by atoms with Crippen molar-refractivity contribution in [2.75, 3.05) is 0 Å². The maximum absolute atomic E-state index is 12.1. The van der Waals surface area contributed by atoms with Crippen LogP contribution in [0, 0.1) is 0 Å². The third-order valence-corrected chi connectivity index (χ3v) is 3.85. The Labute approximate surface area is 134 Å². The van der Waals surface area contributed by atoms with Gasteiger partial charge in [0.05, 0.1) is 17.8 Å². The van der Waals surface area contributed by atoms with Crippen molar-refractivity contribution < 1.29 is 50.1 Å². The zero-order valence-corrected chi connectivity index (χ0v) is 12.2. The molecule has 0 heterocycles. The van der Waals surface area contributed by atoms with E-state index in [9.17, 15) is 45.3 Å². The molecule has 0 aliphatic heterocycles. The molecule has 1 aromatic carbocycles. The van der Waals surface area contributed by atoms with Gasteiger partial charge in [0.1, 0.15) is 6.10 Å². The van der Waals surface area contributed by atoms with E-state index in [4.69, 9.17) is 4.74 Å². The van der Waals surface area contributed by atoms with Crippen LogP contribution in [0.2, 0.25) is 0 Å². The molecule has 2 unspecified atom stereocenters. The Morgan fingerprint density at radius 1 is 1.00 bits per heavy atom. The SMILES string of the molecule is O=C(OC1(C(=O)O)CC(O)C(O)C(O)C1)c1cc(O)c(O)c(O)c1. The van der Waals surface area contributed by atoms with Crippen molar-refractivity contribution in [2.45, 2.75) is 36.8 Å². The van der Waals surface area contributed by atoms with Crippen LogP contribution in [0.15, 0.2) is 12.1 Å². The van der Waals surface area contributed by atoms with E-state index in [1.807, 2.05) is 0 Å². The lowest BCUT2D eigenvalue weighted by molar-refractivity contribution is -0.187. The van der Waals surface area contributed by atoms with Gasteiger partial charge in [-0.2, -0.15) is 0 Å². The molecule has 1 aliphatic rings. The number of hydrogen-bond donors (Lipinski definition) is 7. The maximum atomic E-state index is 12.1. The van der Waals surface area contributed by atoms with Crippen LogP contribution in [0.5, 0.6) is 17.2 Å². The Hall–Kier alpha value is -2.56. The number of hydrogen-bond acceptors (Lipinski definition) is 9. The third-order valence-electron chi connectivity index (χ3n) is 3.85. The van der Waals surface area contributed by atoms with Gasteiger partial charge >= 0.3 is 11.9 Å². The number of carbonyl (C=O) groups is 2. The quantitative estimate of drug-likeness (QED) is 0.256. The molecule has 10 nitrogen and oxygen atoms in total. The van der Waals surface area contributed by atoms with E-state index >= 15 is 0 Å². The molecular weight excluding hydrogens is 328 g/mol. The minimum atomic E-state index is -2.31. The third kappa shape index (κ3) is 3.07. The molecule has 1 aliphatic carbocycles. The fraction of sp³-hybridized carbons (Fsp3) is 0.429. The highest BCUT2D eigenvalue weighted by Crippen LogP contribution is 2.37. The molecule has 0 saturated heterocycles. The van der Waals surface area contributed by atoms with Crippen LogP contribution in [0.1, 0.15) is 23.2 Å². The first kappa shape index (κ1) is 17.8. The van der Waals surface area contributed by atoms with E-state index in [1.165, 1.54) is 0 Å². The van der Waals surface area contributed by atoms with Crippen molar-refractivity contribution in [1.82, 2.24) is 0 Å². The molecule has 2 rings (SSSR count). The van der Waals surface area contributed by atoms with Gasteiger partial charge in [-0.15, -0.1) is 0 Å². The molecule has 0 aromatic heterocycles. The number of carboxylic acids is 1. The highest BCUT2D eigenvalue weighted by molar-refractivity contribution is 5.93. The Morgan fingerprint density at radius 3 is 1.88 bits per heavy atom. The predicted octanol–water partition coefficient (Wildman–Crippen LogP) is -1.34. The minimum Gasteiger partial charge on any atom is -0.504 e. The summed E-state index contributed by atoms with van der Waals surface area (Å²) in [5, 5.41) is 66.1. The van der Waals surface area contributed by atoms with Gasteiger partial charge in [0, 0.05) is 12.8 Å². The van der Waals surface area contributed by atoms with Gasteiger partial charge in [-0.05, 0) is 12.1 Å². The Balaban J connectivity index is 2.32. The van der Waals surface area contributed by atoms with E-state index in [0.29, 0.717) is 0 Å². The molecule has 0 radical (unpaired) electrons. The largest absolute Gasteiger partial charge is 0.504 e. The summed E-state index contributed by atoms with van der Waals surface area (Å²) in [5.41, 5.74) is -2.77. The Morgan fingerprint density at radius 2 is 1.46 bits per heavy atom. The molecular formula is C14H16O10. The minimum absolute atomic E-state index is 0.460. The van der Waals surface area contributed by atoms with Crippen LogP contribution in [0.3, 0.4) is 0 Å². The summed E-state index contributed by atoms with van der Waals surface area (Å²) in [7, 11) is 0. The number of carboxylic acid groups (broad SMARTS) is 1. The predicted molar refractivity (Wildman–Crippen MR) is 74.5 cm³/mol. The van der Waals surface area contributed by atoms with Crippen LogP contribution in [0.25, 0.3) is 0 Å².